The average molecular weight is 466 g/mol. The number of aromatic nitrogens is 1. The summed E-state index contributed by atoms with van der Waals surface area (Å²) in [6, 6.07) is 3.83. The molecule has 1 aromatic rings. The maximum atomic E-state index is 5.51. The van der Waals surface area contributed by atoms with E-state index in [2.05, 4.69) is 27.5 Å². The fraction of sp³-hybridized carbons (Fsp3) is 0.647. The number of nitrogens with zero attached hydrogens (tertiary/aromatic N) is 2. The topological polar surface area (TPSA) is 77.0 Å². The van der Waals surface area contributed by atoms with Crippen molar-refractivity contribution in [3.8, 4) is 5.88 Å². The Morgan fingerprint density at radius 3 is 2.60 bits per heavy atom. The van der Waals surface area contributed by atoms with Crippen molar-refractivity contribution in [2.24, 2.45) is 4.99 Å². The molecule has 2 N–H and O–H groups in total. The zero-order valence-corrected chi connectivity index (χ0v) is 17.7. The first-order valence-corrected chi connectivity index (χ1v) is 8.39. The van der Waals surface area contributed by atoms with Gasteiger partial charge in [0.05, 0.1) is 26.9 Å². The van der Waals surface area contributed by atoms with Crippen LogP contribution in [0.2, 0.25) is 0 Å². The zero-order valence-electron chi connectivity index (χ0n) is 15.4. The van der Waals surface area contributed by atoms with E-state index in [1.165, 1.54) is 0 Å². The second kappa shape index (κ2) is 16.3. The molecule has 1 aromatic heterocycles. The van der Waals surface area contributed by atoms with Crippen LogP contribution in [0.1, 0.15) is 25.3 Å². The van der Waals surface area contributed by atoms with Crippen molar-refractivity contribution in [3.05, 3.63) is 23.9 Å². The molecule has 0 saturated carbocycles. The fourth-order valence-electron chi connectivity index (χ4n) is 1.89. The minimum Gasteiger partial charge on any atom is -0.481 e. The molecule has 0 fully saturated rings. The summed E-state index contributed by atoms with van der Waals surface area (Å²) >= 11 is 0. The first kappa shape index (κ1) is 23.9. The maximum absolute atomic E-state index is 5.51. The van der Waals surface area contributed by atoms with Gasteiger partial charge < -0.3 is 24.8 Å². The van der Waals surface area contributed by atoms with Crippen molar-refractivity contribution in [2.45, 2.75) is 26.3 Å². The van der Waals surface area contributed by atoms with Crippen molar-refractivity contribution in [2.75, 3.05) is 47.1 Å². The third-order valence-corrected chi connectivity index (χ3v) is 3.25. The first-order valence-electron chi connectivity index (χ1n) is 8.39. The number of unbranched alkanes of at least 4 members (excludes halogenated alkanes) is 1. The quantitative estimate of drug-likeness (QED) is 0.213. The Morgan fingerprint density at radius 1 is 1.16 bits per heavy atom. The predicted molar refractivity (Wildman–Crippen MR) is 111 cm³/mol. The van der Waals surface area contributed by atoms with Gasteiger partial charge in [-0.25, -0.2) is 4.98 Å². The van der Waals surface area contributed by atoms with Gasteiger partial charge in [-0.15, -0.1) is 24.0 Å². The molecular weight excluding hydrogens is 435 g/mol. The Morgan fingerprint density at radius 2 is 1.92 bits per heavy atom. The number of methoxy groups -OCH3 is 1. The molecule has 0 aliphatic carbocycles. The Labute approximate surface area is 168 Å². The van der Waals surface area contributed by atoms with Gasteiger partial charge in [-0.05, 0) is 18.1 Å². The molecule has 0 aromatic carbocycles. The Kier molecular flexibility index (Phi) is 15.6. The van der Waals surface area contributed by atoms with Gasteiger partial charge in [-0.2, -0.15) is 0 Å². The second-order valence-corrected chi connectivity index (χ2v) is 5.14. The van der Waals surface area contributed by atoms with E-state index in [9.17, 15) is 0 Å². The minimum absolute atomic E-state index is 0. The van der Waals surface area contributed by atoms with Crippen molar-refractivity contribution < 1.29 is 14.2 Å². The number of rotatable bonds is 12. The van der Waals surface area contributed by atoms with Crippen molar-refractivity contribution in [3.63, 3.8) is 0 Å². The van der Waals surface area contributed by atoms with Crippen LogP contribution in [0, 0.1) is 0 Å². The molecule has 8 heteroatoms. The summed E-state index contributed by atoms with van der Waals surface area (Å²) in [6.45, 7) is 6.18. The highest BCUT2D eigenvalue weighted by Crippen LogP contribution is 2.07. The molecular formula is C17H31IN4O3. The van der Waals surface area contributed by atoms with Crippen LogP contribution in [-0.2, 0) is 16.0 Å². The lowest BCUT2D eigenvalue weighted by Crippen LogP contribution is -2.38. The molecule has 25 heavy (non-hydrogen) atoms. The molecule has 0 spiro atoms. The van der Waals surface area contributed by atoms with Gasteiger partial charge in [0.1, 0.15) is 0 Å². The minimum atomic E-state index is 0. The Balaban J connectivity index is 0.00000576. The third-order valence-electron chi connectivity index (χ3n) is 3.25. The van der Waals surface area contributed by atoms with Gasteiger partial charge in [0, 0.05) is 39.0 Å². The Hall–Kier alpha value is -1.13. The smallest absolute Gasteiger partial charge is 0.213 e. The van der Waals surface area contributed by atoms with E-state index in [-0.39, 0.29) is 24.0 Å². The molecule has 0 unspecified atom stereocenters. The number of halogens is 1. The number of nitrogens with one attached hydrogen (secondary N) is 2. The molecule has 1 rings (SSSR count). The predicted octanol–water partition coefficient (Wildman–Crippen LogP) is 2.21. The van der Waals surface area contributed by atoms with Crippen LogP contribution in [0.4, 0.5) is 0 Å². The van der Waals surface area contributed by atoms with Gasteiger partial charge in [0.2, 0.25) is 5.88 Å². The summed E-state index contributed by atoms with van der Waals surface area (Å²) in [4.78, 5) is 8.26. The average Bonchev–Trinajstić information content (AvgIpc) is 2.63. The zero-order chi connectivity index (χ0) is 17.5. The molecule has 7 nitrogen and oxygen atoms in total. The largest absolute Gasteiger partial charge is 0.481 e. The van der Waals surface area contributed by atoms with E-state index < -0.39 is 0 Å². The van der Waals surface area contributed by atoms with Crippen molar-refractivity contribution in [1.82, 2.24) is 15.6 Å². The monoisotopic (exact) mass is 466 g/mol. The van der Waals surface area contributed by atoms with Gasteiger partial charge in [0.15, 0.2) is 5.96 Å². The molecule has 1 heterocycles. The molecule has 0 aliphatic heterocycles. The third kappa shape index (κ3) is 12.0. The molecule has 0 bridgehead atoms. The highest BCUT2D eigenvalue weighted by atomic mass is 127. The second-order valence-electron chi connectivity index (χ2n) is 5.14. The van der Waals surface area contributed by atoms with E-state index in [1.54, 1.807) is 20.4 Å². The molecule has 0 atom stereocenters. The van der Waals surface area contributed by atoms with Gasteiger partial charge in [-0.1, -0.05) is 13.3 Å². The molecule has 0 saturated heterocycles. The molecule has 0 radical (unpaired) electrons. The van der Waals surface area contributed by atoms with Gasteiger partial charge in [0.25, 0.3) is 0 Å². The van der Waals surface area contributed by atoms with Crippen LogP contribution in [0.3, 0.4) is 0 Å². The number of pyridine rings is 1. The van der Waals surface area contributed by atoms with Gasteiger partial charge in [-0.3, -0.25) is 4.99 Å². The summed E-state index contributed by atoms with van der Waals surface area (Å²) in [7, 11) is 3.35. The molecule has 0 amide bonds. The van der Waals surface area contributed by atoms with E-state index in [1.807, 2.05) is 12.1 Å². The SMILES string of the molecule is CCCCOCCOCCNC(=NC)NCc1ccnc(OC)c1.I. The van der Waals surface area contributed by atoms with E-state index >= 15 is 0 Å². The Bertz CT molecular complexity index is 475. The van der Waals surface area contributed by atoms with Crippen LogP contribution in [0.15, 0.2) is 23.3 Å². The summed E-state index contributed by atoms with van der Waals surface area (Å²) in [6.07, 6.45) is 3.98. The van der Waals surface area contributed by atoms with Crippen molar-refractivity contribution >= 4 is 29.9 Å². The number of ether oxygens (including phenoxy) is 3. The lowest BCUT2D eigenvalue weighted by atomic mass is 10.2. The van der Waals surface area contributed by atoms with Gasteiger partial charge >= 0.3 is 0 Å². The normalized spacial score (nSPS) is 10.9. The lowest BCUT2D eigenvalue weighted by molar-refractivity contribution is 0.0487. The highest BCUT2D eigenvalue weighted by Gasteiger charge is 2.00. The number of aliphatic imine (C=N–C) groups is 1. The summed E-state index contributed by atoms with van der Waals surface area (Å²) in [5.41, 5.74) is 1.07. The maximum Gasteiger partial charge on any atom is 0.213 e. The molecule has 144 valence electrons. The van der Waals surface area contributed by atoms with Crippen LogP contribution >= 0.6 is 24.0 Å². The first-order chi connectivity index (χ1) is 11.8. The summed E-state index contributed by atoms with van der Waals surface area (Å²) < 4.78 is 16.0. The number of guanidine groups is 1. The van der Waals surface area contributed by atoms with Crippen LogP contribution in [-0.4, -0.2) is 58.1 Å². The van der Waals surface area contributed by atoms with E-state index in [0.717, 1.165) is 31.0 Å². The summed E-state index contributed by atoms with van der Waals surface area (Å²) in [5.74, 6) is 1.33. The summed E-state index contributed by atoms with van der Waals surface area (Å²) in [5, 5.41) is 6.44. The van der Waals surface area contributed by atoms with Crippen LogP contribution in [0.5, 0.6) is 5.88 Å². The highest BCUT2D eigenvalue weighted by molar-refractivity contribution is 14.0. The van der Waals surface area contributed by atoms with Crippen molar-refractivity contribution in [1.29, 1.82) is 0 Å². The van der Waals surface area contributed by atoms with Crippen LogP contribution < -0.4 is 15.4 Å². The van der Waals surface area contributed by atoms with E-state index in [4.69, 9.17) is 14.2 Å². The molecule has 0 aliphatic rings. The lowest BCUT2D eigenvalue weighted by Gasteiger charge is -2.12. The number of hydrogen-bond acceptors (Lipinski definition) is 5. The fourth-order valence-corrected chi connectivity index (χ4v) is 1.89. The standard InChI is InChI=1S/C17H30N4O3.HI/c1-4-5-9-23-11-12-24-10-8-20-17(18-2)21-14-15-6-7-19-16(13-15)22-3;/h6-7,13H,4-5,8-12,14H2,1-3H3,(H2,18,20,21);1H. The van der Waals surface area contributed by atoms with Crippen LogP contribution in [0.25, 0.3) is 0 Å². The van der Waals surface area contributed by atoms with E-state index in [0.29, 0.717) is 38.8 Å². The number of hydrogen-bond donors (Lipinski definition) is 2.